The second-order valence-corrected chi connectivity index (χ2v) is 6.13. The number of para-hydroxylation sites is 1. The van der Waals surface area contributed by atoms with E-state index in [2.05, 4.69) is 5.32 Å². The van der Waals surface area contributed by atoms with Crippen LogP contribution in [0.2, 0.25) is 0 Å². The molecule has 0 spiro atoms. The number of primary amides is 1. The van der Waals surface area contributed by atoms with Gasteiger partial charge in [0, 0.05) is 29.6 Å². The van der Waals surface area contributed by atoms with Gasteiger partial charge < -0.3 is 15.6 Å². The number of carbonyl (C=O) groups is 2. The Hall–Kier alpha value is -3.28. The second-order valence-electron chi connectivity index (χ2n) is 6.13. The van der Waals surface area contributed by atoms with E-state index in [-0.39, 0.29) is 12.5 Å². The molecule has 3 aromatic rings. The van der Waals surface area contributed by atoms with Crippen LogP contribution in [0.5, 0.6) is 0 Å². The van der Waals surface area contributed by atoms with E-state index in [0.717, 1.165) is 34.3 Å². The van der Waals surface area contributed by atoms with Gasteiger partial charge in [0.25, 0.3) is 0 Å². The van der Waals surface area contributed by atoms with Crippen molar-refractivity contribution in [3.05, 3.63) is 60.3 Å². The summed E-state index contributed by atoms with van der Waals surface area (Å²) < 4.78 is 1.92. The molecule has 0 atom stereocenters. The number of nitrogens with two attached hydrogens (primary N) is 1. The van der Waals surface area contributed by atoms with Crippen LogP contribution in [0.3, 0.4) is 0 Å². The fourth-order valence-electron chi connectivity index (χ4n) is 3.34. The number of anilines is 2. The van der Waals surface area contributed by atoms with E-state index in [1.165, 1.54) is 0 Å². The third-order valence-electron chi connectivity index (χ3n) is 4.52. The molecule has 0 aliphatic carbocycles. The number of hydrogen-bond acceptors (Lipinski definition) is 2. The number of fused-ring (bicyclic) bond motifs is 2. The first-order chi connectivity index (χ1) is 12.1. The molecule has 25 heavy (non-hydrogen) atoms. The Kier molecular flexibility index (Phi) is 3.65. The molecular weight excluding hydrogens is 316 g/mol. The molecule has 3 amide bonds. The van der Waals surface area contributed by atoms with Crippen LogP contribution in [0, 0.1) is 0 Å². The number of carbonyl (C=O) groups excluding carboxylic acids is 2. The quantitative estimate of drug-likeness (QED) is 0.772. The molecule has 126 valence electrons. The molecule has 1 aliphatic heterocycles. The van der Waals surface area contributed by atoms with Crippen LogP contribution in [0.15, 0.2) is 54.7 Å². The molecule has 3 N–H and O–H groups in total. The van der Waals surface area contributed by atoms with Crippen molar-refractivity contribution >= 4 is 34.2 Å². The van der Waals surface area contributed by atoms with Crippen molar-refractivity contribution in [2.24, 2.45) is 5.73 Å². The minimum absolute atomic E-state index is 0.0916. The maximum atomic E-state index is 12.4. The highest BCUT2D eigenvalue weighted by Crippen LogP contribution is 2.30. The van der Waals surface area contributed by atoms with Crippen LogP contribution in [-0.2, 0) is 17.8 Å². The zero-order chi connectivity index (χ0) is 17.4. The summed E-state index contributed by atoms with van der Waals surface area (Å²) in [5.74, 6) is -0.0916. The van der Waals surface area contributed by atoms with E-state index < -0.39 is 6.03 Å². The van der Waals surface area contributed by atoms with Gasteiger partial charge in [-0.05, 0) is 47.7 Å². The van der Waals surface area contributed by atoms with Crippen molar-refractivity contribution in [3.63, 3.8) is 0 Å². The summed E-state index contributed by atoms with van der Waals surface area (Å²) >= 11 is 0. The minimum atomic E-state index is -0.449. The fraction of sp³-hybridized carbons (Fsp3) is 0.158. The summed E-state index contributed by atoms with van der Waals surface area (Å²) in [6.45, 7) is 0.829. The van der Waals surface area contributed by atoms with Crippen molar-refractivity contribution in [3.8, 4) is 0 Å². The summed E-state index contributed by atoms with van der Waals surface area (Å²) in [4.78, 5) is 25.3. The lowest BCUT2D eigenvalue weighted by molar-refractivity contribution is -0.116. The van der Waals surface area contributed by atoms with Crippen LogP contribution in [-0.4, -0.2) is 23.1 Å². The van der Waals surface area contributed by atoms with Crippen molar-refractivity contribution in [2.45, 2.75) is 13.0 Å². The summed E-state index contributed by atoms with van der Waals surface area (Å²) in [6.07, 6.45) is 2.65. The Balaban J connectivity index is 1.49. The zero-order valence-electron chi connectivity index (χ0n) is 13.6. The Morgan fingerprint density at radius 2 is 1.96 bits per heavy atom. The van der Waals surface area contributed by atoms with Gasteiger partial charge in [0.15, 0.2) is 0 Å². The molecule has 1 aromatic heterocycles. The molecule has 6 heteroatoms. The number of benzene rings is 2. The average Bonchev–Trinajstić information content (AvgIpc) is 3.19. The second kappa shape index (κ2) is 5.98. The normalized spacial score (nSPS) is 13.0. The maximum Gasteiger partial charge on any atom is 0.319 e. The first-order valence-electron chi connectivity index (χ1n) is 8.15. The molecule has 6 nitrogen and oxygen atoms in total. The number of aromatic nitrogens is 1. The van der Waals surface area contributed by atoms with E-state index in [4.69, 9.17) is 5.73 Å². The van der Waals surface area contributed by atoms with Gasteiger partial charge in [-0.2, -0.15) is 0 Å². The minimum Gasteiger partial charge on any atom is -0.351 e. The van der Waals surface area contributed by atoms with Crippen LogP contribution in [0.4, 0.5) is 16.2 Å². The lowest BCUT2D eigenvalue weighted by Crippen LogP contribution is -2.33. The van der Waals surface area contributed by atoms with Gasteiger partial charge in [-0.25, -0.2) is 4.79 Å². The van der Waals surface area contributed by atoms with Crippen molar-refractivity contribution in [1.82, 2.24) is 4.57 Å². The van der Waals surface area contributed by atoms with Gasteiger partial charge in [0.1, 0.15) is 6.54 Å². The Bertz CT molecular complexity index is 976. The molecule has 0 fully saturated rings. The van der Waals surface area contributed by atoms with Gasteiger partial charge in [-0.3, -0.25) is 9.69 Å². The molecule has 0 saturated heterocycles. The highest BCUT2D eigenvalue weighted by atomic mass is 16.2. The molecule has 0 bridgehead atoms. The lowest BCUT2D eigenvalue weighted by Gasteiger charge is -2.14. The topological polar surface area (TPSA) is 80.4 Å². The van der Waals surface area contributed by atoms with Gasteiger partial charge in [-0.1, -0.05) is 18.2 Å². The number of nitrogens with one attached hydrogen (secondary N) is 1. The third kappa shape index (κ3) is 2.82. The van der Waals surface area contributed by atoms with E-state index in [1.54, 1.807) is 11.0 Å². The highest BCUT2D eigenvalue weighted by Gasteiger charge is 2.23. The standard InChI is InChI=1S/C19H18N4O2/c20-19(25)23-10-8-14-11-15(5-6-17(14)23)21-18(24)12-22-9-7-13-3-1-2-4-16(13)22/h1-7,9,11H,8,10,12H2,(H2,20,25)(H,21,24). The maximum absolute atomic E-state index is 12.4. The van der Waals surface area contributed by atoms with E-state index in [0.29, 0.717) is 6.54 Å². The first-order valence-corrected chi connectivity index (χ1v) is 8.15. The number of amides is 3. The molecule has 0 unspecified atom stereocenters. The van der Waals surface area contributed by atoms with Crippen LogP contribution in [0.25, 0.3) is 10.9 Å². The van der Waals surface area contributed by atoms with Crippen LogP contribution >= 0.6 is 0 Å². The third-order valence-corrected chi connectivity index (χ3v) is 4.52. The van der Waals surface area contributed by atoms with Crippen molar-refractivity contribution in [2.75, 3.05) is 16.8 Å². The molecule has 0 saturated carbocycles. The van der Waals surface area contributed by atoms with Gasteiger partial charge >= 0.3 is 6.03 Å². The first kappa shape index (κ1) is 15.3. The molecular formula is C19H18N4O2. The number of hydrogen-bond donors (Lipinski definition) is 2. The SMILES string of the molecule is NC(=O)N1CCc2cc(NC(=O)Cn3ccc4ccccc43)ccc21. The van der Waals surface area contributed by atoms with Gasteiger partial charge in [0.2, 0.25) is 5.91 Å². The number of rotatable bonds is 3. The predicted octanol–water partition coefficient (Wildman–Crippen LogP) is 2.72. The fourth-order valence-corrected chi connectivity index (χ4v) is 3.34. The summed E-state index contributed by atoms with van der Waals surface area (Å²) in [7, 11) is 0. The van der Waals surface area contributed by atoms with E-state index in [1.807, 2.05) is 53.2 Å². The average molecular weight is 334 g/mol. The molecule has 4 rings (SSSR count). The number of urea groups is 1. The Morgan fingerprint density at radius 3 is 2.80 bits per heavy atom. The van der Waals surface area contributed by atoms with Gasteiger partial charge in [-0.15, -0.1) is 0 Å². The summed E-state index contributed by atoms with van der Waals surface area (Å²) in [5.41, 5.74) is 8.96. The molecule has 2 heterocycles. The van der Waals surface area contributed by atoms with Crippen molar-refractivity contribution < 1.29 is 9.59 Å². The number of nitrogens with zero attached hydrogens (tertiary/aromatic N) is 2. The lowest BCUT2D eigenvalue weighted by atomic mass is 10.1. The molecule has 2 aromatic carbocycles. The zero-order valence-corrected chi connectivity index (χ0v) is 13.6. The summed E-state index contributed by atoms with van der Waals surface area (Å²) in [6, 6.07) is 15.0. The molecule has 0 radical (unpaired) electrons. The molecule has 1 aliphatic rings. The smallest absolute Gasteiger partial charge is 0.319 e. The monoisotopic (exact) mass is 334 g/mol. The largest absolute Gasteiger partial charge is 0.351 e. The predicted molar refractivity (Wildman–Crippen MR) is 97.6 cm³/mol. The van der Waals surface area contributed by atoms with Crippen molar-refractivity contribution in [1.29, 1.82) is 0 Å². The van der Waals surface area contributed by atoms with E-state index in [9.17, 15) is 9.59 Å². The van der Waals surface area contributed by atoms with Crippen LogP contribution < -0.4 is 16.0 Å². The Labute approximate surface area is 144 Å². The Morgan fingerprint density at radius 1 is 1.12 bits per heavy atom. The summed E-state index contributed by atoms with van der Waals surface area (Å²) in [5, 5.41) is 4.03. The van der Waals surface area contributed by atoms with Crippen LogP contribution in [0.1, 0.15) is 5.56 Å². The van der Waals surface area contributed by atoms with Gasteiger partial charge in [0.05, 0.1) is 0 Å². The highest BCUT2D eigenvalue weighted by molar-refractivity contribution is 5.95. The van der Waals surface area contributed by atoms with E-state index >= 15 is 0 Å².